The molecule has 0 aromatic carbocycles. The summed E-state index contributed by atoms with van der Waals surface area (Å²) in [5, 5.41) is 3.67. The van der Waals surface area contributed by atoms with Gasteiger partial charge in [0.05, 0.1) is 9.83 Å². The lowest BCUT2D eigenvalue weighted by Crippen LogP contribution is -2.21. The first-order valence-electron chi connectivity index (χ1n) is 6.28. The summed E-state index contributed by atoms with van der Waals surface area (Å²) in [6.45, 7) is 7.54. The molecule has 5 heteroatoms. The average molecular weight is 423 g/mol. The van der Waals surface area contributed by atoms with Crippen molar-refractivity contribution in [2.75, 3.05) is 6.54 Å². The number of thiophene rings is 2. The van der Waals surface area contributed by atoms with E-state index >= 15 is 0 Å². The fourth-order valence-electron chi connectivity index (χ4n) is 1.94. The zero-order valence-corrected chi connectivity index (χ0v) is 16.0. The summed E-state index contributed by atoms with van der Waals surface area (Å²) < 4.78 is 2.45. The van der Waals surface area contributed by atoms with Crippen LogP contribution in [0.5, 0.6) is 0 Å². The smallest absolute Gasteiger partial charge is 0.0776 e. The van der Waals surface area contributed by atoms with Crippen molar-refractivity contribution in [2.45, 2.75) is 33.2 Å². The molecule has 0 saturated heterocycles. The summed E-state index contributed by atoms with van der Waals surface area (Å²) in [5.41, 5.74) is 1.31. The molecule has 0 aliphatic carbocycles. The number of hydrogen-bond acceptors (Lipinski definition) is 3. The van der Waals surface area contributed by atoms with Gasteiger partial charge in [-0.3, -0.25) is 0 Å². The monoisotopic (exact) mass is 421 g/mol. The first-order valence-corrected chi connectivity index (χ1v) is 9.49. The minimum atomic E-state index is 0.294. The van der Waals surface area contributed by atoms with Crippen LogP contribution in [-0.2, 0) is 0 Å². The molecular weight excluding hydrogens is 406 g/mol. The summed E-state index contributed by atoms with van der Waals surface area (Å²) in [6.07, 6.45) is 1.14. The second-order valence-corrected chi connectivity index (χ2v) is 9.11. The Morgan fingerprint density at radius 3 is 2.42 bits per heavy atom. The molecule has 1 unspecified atom stereocenters. The molecule has 0 bridgehead atoms. The fraction of sp³-hybridized carbons (Fsp3) is 0.429. The molecule has 0 fully saturated rings. The van der Waals surface area contributed by atoms with Crippen LogP contribution >= 0.6 is 54.5 Å². The van der Waals surface area contributed by atoms with Gasteiger partial charge in [-0.2, -0.15) is 0 Å². The minimum Gasteiger partial charge on any atom is -0.305 e. The highest BCUT2D eigenvalue weighted by Gasteiger charge is 2.21. The molecule has 0 spiro atoms. The van der Waals surface area contributed by atoms with Gasteiger partial charge in [0, 0.05) is 19.1 Å². The van der Waals surface area contributed by atoms with Crippen molar-refractivity contribution in [3.8, 4) is 0 Å². The van der Waals surface area contributed by atoms with Gasteiger partial charge in [0.1, 0.15) is 0 Å². The van der Waals surface area contributed by atoms with Gasteiger partial charge in [-0.25, -0.2) is 0 Å². The van der Waals surface area contributed by atoms with Crippen LogP contribution in [0.2, 0.25) is 0 Å². The van der Waals surface area contributed by atoms with Crippen molar-refractivity contribution in [1.29, 1.82) is 0 Å². The number of nitrogens with one attached hydrogen (secondary N) is 1. The summed E-state index contributed by atoms with van der Waals surface area (Å²) in [7, 11) is 0. The molecule has 0 radical (unpaired) electrons. The van der Waals surface area contributed by atoms with Gasteiger partial charge in [-0.1, -0.05) is 6.92 Å². The Morgan fingerprint density at radius 1 is 1.21 bits per heavy atom. The van der Waals surface area contributed by atoms with Gasteiger partial charge in [-0.15, -0.1) is 22.7 Å². The van der Waals surface area contributed by atoms with Crippen LogP contribution in [0.3, 0.4) is 0 Å². The van der Waals surface area contributed by atoms with Crippen molar-refractivity contribution < 1.29 is 0 Å². The number of aryl methyl sites for hydroxylation is 2. The van der Waals surface area contributed by atoms with E-state index in [2.05, 4.69) is 70.1 Å². The third kappa shape index (κ3) is 3.70. The molecule has 2 aromatic heterocycles. The fourth-order valence-corrected chi connectivity index (χ4v) is 5.64. The van der Waals surface area contributed by atoms with E-state index in [0.29, 0.717) is 6.04 Å². The van der Waals surface area contributed by atoms with E-state index in [1.54, 1.807) is 0 Å². The maximum Gasteiger partial charge on any atom is 0.0776 e. The number of hydrogen-bond donors (Lipinski definition) is 1. The lowest BCUT2D eigenvalue weighted by atomic mass is 10.1. The van der Waals surface area contributed by atoms with Crippen LogP contribution in [0.25, 0.3) is 0 Å². The largest absolute Gasteiger partial charge is 0.305 e. The summed E-state index contributed by atoms with van der Waals surface area (Å²) in [5.74, 6) is 0. The molecule has 0 amide bonds. The van der Waals surface area contributed by atoms with E-state index < -0.39 is 0 Å². The summed E-state index contributed by atoms with van der Waals surface area (Å²) >= 11 is 11.0. The quantitative estimate of drug-likeness (QED) is 0.619. The Balaban J connectivity index is 2.38. The SMILES string of the molecule is CCCNC(c1cc(C)c(Br)s1)c1sc(C)cc1Br. The molecule has 2 rings (SSSR count). The molecule has 0 aliphatic heterocycles. The van der Waals surface area contributed by atoms with Crippen LogP contribution < -0.4 is 5.32 Å². The number of rotatable bonds is 5. The zero-order chi connectivity index (χ0) is 14.0. The molecule has 1 N–H and O–H groups in total. The maximum absolute atomic E-state index is 3.70. The maximum atomic E-state index is 3.70. The van der Waals surface area contributed by atoms with Crippen LogP contribution in [-0.4, -0.2) is 6.54 Å². The predicted octanol–water partition coefficient (Wildman–Crippen LogP) is 6.04. The molecule has 1 atom stereocenters. The van der Waals surface area contributed by atoms with Gasteiger partial charge in [0.2, 0.25) is 0 Å². The minimum absolute atomic E-state index is 0.294. The van der Waals surface area contributed by atoms with Crippen molar-refractivity contribution >= 4 is 54.5 Å². The molecule has 2 heterocycles. The van der Waals surface area contributed by atoms with E-state index in [0.717, 1.165) is 13.0 Å². The van der Waals surface area contributed by atoms with E-state index in [4.69, 9.17) is 0 Å². The second kappa shape index (κ2) is 6.85. The van der Waals surface area contributed by atoms with E-state index in [-0.39, 0.29) is 0 Å². The lowest BCUT2D eigenvalue weighted by molar-refractivity contribution is 0.611. The standard InChI is InChI=1S/C14H17Br2NS2/c1-4-5-17-12(11-6-8(2)14(16)19-11)13-10(15)7-9(3)18-13/h6-7,12,17H,4-5H2,1-3H3. The van der Waals surface area contributed by atoms with E-state index in [1.165, 1.54) is 28.5 Å². The first-order chi connectivity index (χ1) is 9.02. The number of halogens is 2. The van der Waals surface area contributed by atoms with Crippen LogP contribution in [0.4, 0.5) is 0 Å². The van der Waals surface area contributed by atoms with Crippen molar-refractivity contribution in [3.05, 3.63) is 40.6 Å². The van der Waals surface area contributed by atoms with Gasteiger partial charge < -0.3 is 5.32 Å². The molecule has 0 aliphatic rings. The predicted molar refractivity (Wildman–Crippen MR) is 93.6 cm³/mol. The van der Waals surface area contributed by atoms with Crippen LogP contribution in [0.1, 0.15) is 39.6 Å². The zero-order valence-electron chi connectivity index (χ0n) is 11.2. The molecule has 0 saturated carbocycles. The summed E-state index contributed by atoms with van der Waals surface area (Å²) in [6, 6.07) is 4.78. The van der Waals surface area contributed by atoms with Gasteiger partial charge >= 0.3 is 0 Å². The Labute approximate surface area is 139 Å². The second-order valence-electron chi connectivity index (χ2n) is 4.56. The van der Waals surface area contributed by atoms with Gasteiger partial charge in [0.15, 0.2) is 0 Å². The van der Waals surface area contributed by atoms with Gasteiger partial charge in [0.25, 0.3) is 0 Å². The van der Waals surface area contributed by atoms with Crippen LogP contribution in [0.15, 0.2) is 20.4 Å². The Bertz CT molecular complexity index is 540. The molecule has 2 aromatic rings. The summed E-state index contributed by atoms with van der Waals surface area (Å²) in [4.78, 5) is 4.09. The normalized spacial score (nSPS) is 12.9. The van der Waals surface area contributed by atoms with Crippen molar-refractivity contribution in [1.82, 2.24) is 5.32 Å². The lowest BCUT2D eigenvalue weighted by Gasteiger charge is -2.16. The van der Waals surface area contributed by atoms with E-state index in [9.17, 15) is 0 Å². The van der Waals surface area contributed by atoms with Crippen molar-refractivity contribution in [2.24, 2.45) is 0 Å². The highest BCUT2D eigenvalue weighted by molar-refractivity contribution is 9.11. The van der Waals surface area contributed by atoms with Crippen molar-refractivity contribution in [3.63, 3.8) is 0 Å². The highest BCUT2D eigenvalue weighted by Crippen LogP contribution is 2.40. The third-order valence-corrected chi connectivity index (χ3v) is 7.09. The molecule has 19 heavy (non-hydrogen) atoms. The topological polar surface area (TPSA) is 12.0 Å². The van der Waals surface area contributed by atoms with Crippen LogP contribution in [0, 0.1) is 13.8 Å². The Kier molecular flexibility index (Phi) is 5.66. The first kappa shape index (κ1) is 15.7. The Morgan fingerprint density at radius 2 is 1.95 bits per heavy atom. The molecular formula is C14H17Br2NS2. The molecule has 104 valence electrons. The molecule has 1 nitrogen and oxygen atoms in total. The van der Waals surface area contributed by atoms with E-state index in [1.807, 2.05) is 22.7 Å². The third-order valence-electron chi connectivity index (χ3n) is 2.86. The highest BCUT2D eigenvalue weighted by atomic mass is 79.9. The Hall–Kier alpha value is 0.320. The average Bonchev–Trinajstić information content (AvgIpc) is 2.84. The van der Waals surface area contributed by atoms with Gasteiger partial charge in [-0.05, 0) is 76.4 Å².